The fraction of sp³-hybridized carbons (Fsp3) is 0.684. The summed E-state index contributed by atoms with van der Waals surface area (Å²) in [4.78, 5) is 0. The highest BCUT2D eigenvalue weighted by molar-refractivity contribution is 9.10. The highest BCUT2D eigenvalue weighted by atomic mass is 79.9. The van der Waals surface area contributed by atoms with Crippen LogP contribution in [-0.2, 0) is 5.41 Å². The molecule has 1 aromatic carbocycles. The maximum absolute atomic E-state index is 6.31. The molecule has 0 aromatic heterocycles. The number of nitrogens with two attached hydrogens (primary N) is 1. The number of hydrogen-bond acceptors (Lipinski definition) is 3. The Kier molecular flexibility index (Phi) is 5.22. The van der Waals surface area contributed by atoms with Crippen LogP contribution in [0.2, 0.25) is 0 Å². The zero-order chi connectivity index (χ0) is 16.4. The van der Waals surface area contributed by atoms with Crippen LogP contribution in [0.15, 0.2) is 10.5 Å². The van der Waals surface area contributed by atoms with Crippen molar-refractivity contribution >= 4 is 15.9 Å². The molecular weight excluding hydrogens is 354 g/mol. The molecule has 0 spiro atoms. The molecule has 2 aliphatic rings. The van der Waals surface area contributed by atoms with Crippen LogP contribution in [0.25, 0.3) is 0 Å². The van der Waals surface area contributed by atoms with Gasteiger partial charge in [0.2, 0.25) is 0 Å². The van der Waals surface area contributed by atoms with E-state index >= 15 is 0 Å². The molecular formula is C19H28BrNO2. The van der Waals surface area contributed by atoms with Crippen molar-refractivity contribution < 1.29 is 9.47 Å². The number of benzene rings is 1. The van der Waals surface area contributed by atoms with Crippen molar-refractivity contribution in [3.05, 3.63) is 21.7 Å². The quantitative estimate of drug-likeness (QED) is 0.809. The molecule has 23 heavy (non-hydrogen) atoms. The predicted molar refractivity (Wildman–Crippen MR) is 97.7 cm³/mol. The molecule has 1 aliphatic carbocycles. The summed E-state index contributed by atoms with van der Waals surface area (Å²) in [5, 5.41) is 0. The molecule has 1 fully saturated rings. The molecule has 1 aliphatic heterocycles. The van der Waals surface area contributed by atoms with E-state index in [1.165, 1.54) is 43.2 Å². The van der Waals surface area contributed by atoms with Gasteiger partial charge in [0.15, 0.2) is 11.5 Å². The molecule has 0 radical (unpaired) electrons. The number of fused-ring (bicyclic) bond motifs is 1. The second-order valence-corrected chi connectivity index (χ2v) is 8.08. The van der Waals surface area contributed by atoms with E-state index in [1.807, 2.05) is 0 Å². The standard InChI is InChI=1S/C19H28BrNO2/c1-13(2)16-14(19(12-21)7-4-3-5-8-19)11-15(20)17-18(16)23-10-6-9-22-17/h11,13H,3-10,12,21H2,1-2H3. The van der Waals surface area contributed by atoms with Crippen molar-refractivity contribution in [2.45, 2.75) is 63.7 Å². The van der Waals surface area contributed by atoms with Gasteiger partial charge in [0.25, 0.3) is 0 Å². The summed E-state index contributed by atoms with van der Waals surface area (Å²) in [7, 11) is 0. The van der Waals surface area contributed by atoms with Crippen LogP contribution < -0.4 is 15.2 Å². The maximum Gasteiger partial charge on any atom is 0.175 e. The van der Waals surface area contributed by atoms with E-state index < -0.39 is 0 Å². The Morgan fingerprint density at radius 1 is 1.09 bits per heavy atom. The lowest BCUT2D eigenvalue weighted by molar-refractivity contribution is 0.289. The van der Waals surface area contributed by atoms with E-state index in [1.54, 1.807) is 0 Å². The Morgan fingerprint density at radius 2 is 1.74 bits per heavy atom. The van der Waals surface area contributed by atoms with E-state index in [0.29, 0.717) is 19.1 Å². The maximum atomic E-state index is 6.31. The first-order valence-corrected chi connectivity index (χ1v) is 9.71. The summed E-state index contributed by atoms with van der Waals surface area (Å²) in [6.45, 7) is 6.63. The Hall–Kier alpha value is -0.740. The zero-order valence-electron chi connectivity index (χ0n) is 14.3. The first kappa shape index (κ1) is 17.1. The van der Waals surface area contributed by atoms with E-state index in [-0.39, 0.29) is 5.41 Å². The Morgan fingerprint density at radius 3 is 2.35 bits per heavy atom. The summed E-state index contributed by atoms with van der Waals surface area (Å²) in [6.07, 6.45) is 7.13. The average Bonchev–Trinajstić information content (AvgIpc) is 2.81. The Balaban J connectivity index is 2.19. The fourth-order valence-corrected chi connectivity index (χ4v) is 4.66. The highest BCUT2D eigenvalue weighted by Gasteiger charge is 2.37. The Labute approximate surface area is 148 Å². The van der Waals surface area contributed by atoms with Crippen LogP contribution in [0, 0.1) is 0 Å². The van der Waals surface area contributed by atoms with E-state index in [0.717, 1.165) is 29.0 Å². The second-order valence-electron chi connectivity index (χ2n) is 7.23. The van der Waals surface area contributed by atoms with E-state index in [9.17, 15) is 0 Å². The largest absolute Gasteiger partial charge is 0.489 e. The molecule has 0 bridgehead atoms. The van der Waals surface area contributed by atoms with Gasteiger partial charge in [-0.2, -0.15) is 0 Å². The third-order valence-electron chi connectivity index (χ3n) is 5.36. The number of rotatable bonds is 3. The second kappa shape index (κ2) is 7.02. The lowest BCUT2D eigenvalue weighted by atomic mass is 9.67. The third kappa shape index (κ3) is 3.12. The normalized spacial score (nSPS) is 20.4. The van der Waals surface area contributed by atoms with Crippen LogP contribution >= 0.6 is 15.9 Å². The molecule has 0 atom stereocenters. The predicted octanol–water partition coefficient (Wildman–Crippen LogP) is 4.89. The van der Waals surface area contributed by atoms with Crippen molar-refractivity contribution in [3.63, 3.8) is 0 Å². The number of hydrogen-bond donors (Lipinski definition) is 1. The first-order valence-electron chi connectivity index (χ1n) is 8.91. The number of ether oxygens (including phenoxy) is 2. The molecule has 0 amide bonds. The van der Waals surface area contributed by atoms with Crippen LogP contribution in [0.4, 0.5) is 0 Å². The topological polar surface area (TPSA) is 44.5 Å². The molecule has 1 heterocycles. The van der Waals surface area contributed by atoms with Crippen molar-refractivity contribution in [2.75, 3.05) is 19.8 Å². The van der Waals surface area contributed by atoms with Gasteiger partial charge in [-0.25, -0.2) is 0 Å². The van der Waals surface area contributed by atoms with E-state index in [2.05, 4.69) is 35.8 Å². The molecule has 0 unspecified atom stereocenters. The van der Waals surface area contributed by atoms with Crippen LogP contribution in [0.3, 0.4) is 0 Å². The smallest absolute Gasteiger partial charge is 0.175 e. The van der Waals surface area contributed by atoms with Crippen LogP contribution in [0.1, 0.15) is 69.4 Å². The number of halogens is 1. The van der Waals surface area contributed by atoms with Crippen LogP contribution in [0.5, 0.6) is 11.5 Å². The summed E-state index contributed by atoms with van der Waals surface area (Å²) < 4.78 is 13.1. The first-order chi connectivity index (χ1) is 11.1. The van der Waals surface area contributed by atoms with Gasteiger partial charge < -0.3 is 15.2 Å². The van der Waals surface area contributed by atoms with Crippen molar-refractivity contribution in [2.24, 2.45) is 5.73 Å². The Bertz CT molecular complexity index is 565. The minimum absolute atomic E-state index is 0.0884. The van der Waals surface area contributed by atoms with Gasteiger partial charge in [-0.1, -0.05) is 33.1 Å². The summed E-state index contributed by atoms with van der Waals surface area (Å²) >= 11 is 3.73. The monoisotopic (exact) mass is 381 g/mol. The van der Waals surface area contributed by atoms with Gasteiger partial charge in [-0.3, -0.25) is 0 Å². The molecule has 0 saturated heterocycles. The zero-order valence-corrected chi connectivity index (χ0v) is 15.9. The van der Waals surface area contributed by atoms with Crippen molar-refractivity contribution in [3.8, 4) is 11.5 Å². The van der Waals surface area contributed by atoms with Crippen molar-refractivity contribution in [1.29, 1.82) is 0 Å². The molecule has 1 aromatic rings. The van der Waals surface area contributed by atoms with Gasteiger partial charge >= 0.3 is 0 Å². The minimum Gasteiger partial charge on any atom is -0.489 e. The lowest BCUT2D eigenvalue weighted by Gasteiger charge is -2.39. The molecule has 4 heteroatoms. The summed E-state index contributed by atoms with van der Waals surface area (Å²) in [5.41, 5.74) is 9.08. The molecule has 3 rings (SSSR count). The van der Waals surface area contributed by atoms with Gasteiger partial charge in [0, 0.05) is 23.9 Å². The minimum atomic E-state index is 0.0884. The highest BCUT2D eigenvalue weighted by Crippen LogP contribution is 2.50. The average molecular weight is 382 g/mol. The van der Waals surface area contributed by atoms with Gasteiger partial charge in [0.05, 0.1) is 17.7 Å². The fourth-order valence-electron chi connectivity index (χ4n) is 4.13. The van der Waals surface area contributed by atoms with Crippen LogP contribution in [-0.4, -0.2) is 19.8 Å². The van der Waals surface area contributed by atoms with Gasteiger partial charge in [-0.15, -0.1) is 0 Å². The molecule has 3 nitrogen and oxygen atoms in total. The molecule has 2 N–H and O–H groups in total. The molecule has 128 valence electrons. The van der Waals surface area contributed by atoms with E-state index in [4.69, 9.17) is 15.2 Å². The third-order valence-corrected chi connectivity index (χ3v) is 5.95. The lowest BCUT2D eigenvalue weighted by Crippen LogP contribution is -2.38. The van der Waals surface area contributed by atoms with Crippen molar-refractivity contribution in [1.82, 2.24) is 0 Å². The molecule has 1 saturated carbocycles. The summed E-state index contributed by atoms with van der Waals surface area (Å²) in [5.74, 6) is 2.21. The van der Waals surface area contributed by atoms with Gasteiger partial charge in [-0.05, 0) is 46.3 Å². The SMILES string of the molecule is CC(C)c1c(C2(CN)CCCCC2)cc(Br)c2c1OCCCO2. The van der Waals surface area contributed by atoms with Gasteiger partial charge in [0.1, 0.15) is 0 Å². The summed E-state index contributed by atoms with van der Waals surface area (Å²) in [6, 6.07) is 2.26.